The number of hydrogen-bond acceptors (Lipinski definition) is 3. The Hall–Kier alpha value is -3.27. The van der Waals surface area contributed by atoms with Gasteiger partial charge >= 0.3 is 0 Å². The van der Waals surface area contributed by atoms with Gasteiger partial charge in [0.15, 0.2) is 0 Å². The minimum absolute atomic E-state index is 0.191. The SMILES string of the molecule is O=C(NC/C=C/c1ccccc1)c1cccc(-c2ccncc2)n1. The predicted octanol–water partition coefficient (Wildman–Crippen LogP) is 3.59. The predicted molar refractivity (Wildman–Crippen MR) is 95.3 cm³/mol. The molecule has 0 atom stereocenters. The lowest BCUT2D eigenvalue weighted by atomic mass is 10.1. The number of carbonyl (C=O) groups is 1. The van der Waals surface area contributed by atoms with Gasteiger partial charge in [-0.1, -0.05) is 48.6 Å². The molecule has 0 aliphatic rings. The summed E-state index contributed by atoms with van der Waals surface area (Å²) in [4.78, 5) is 20.6. The monoisotopic (exact) mass is 315 g/mol. The van der Waals surface area contributed by atoms with Crippen molar-refractivity contribution in [2.45, 2.75) is 0 Å². The Morgan fingerprint density at radius 3 is 2.54 bits per heavy atom. The molecule has 24 heavy (non-hydrogen) atoms. The zero-order chi connectivity index (χ0) is 16.6. The topological polar surface area (TPSA) is 54.9 Å². The lowest BCUT2D eigenvalue weighted by Gasteiger charge is -2.05. The third kappa shape index (κ3) is 4.14. The fourth-order valence-electron chi connectivity index (χ4n) is 2.25. The normalized spacial score (nSPS) is 10.7. The Kier molecular flexibility index (Phi) is 5.10. The van der Waals surface area contributed by atoms with Crippen molar-refractivity contribution in [3.63, 3.8) is 0 Å². The van der Waals surface area contributed by atoms with Gasteiger partial charge in [-0.25, -0.2) is 4.98 Å². The Bertz CT molecular complexity index is 830. The van der Waals surface area contributed by atoms with Crippen LogP contribution in [-0.2, 0) is 0 Å². The van der Waals surface area contributed by atoms with Gasteiger partial charge in [-0.05, 0) is 29.8 Å². The number of carbonyl (C=O) groups excluding carboxylic acids is 1. The van der Waals surface area contributed by atoms with E-state index >= 15 is 0 Å². The standard InChI is InChI=1S/C20H17N3O/c24-20(22-13-5-8-16-6-2-1-3-7-16)19-10-4-9-18(23-19)17-11-14-21-15-12-17/h1-12,14-15H,13H2,(H,22,24)/b8-5+. The molecule has 0 unspecified atom stereocenters. The maximum absolute atomic E-state index is 12.2. The third-order valence-corrected chi connectivity index (χ3v) is 3.45. The zero-order valence-electron chi connectivity index (χ0n) is 13.1. The van der Waals surface area contributed by atoms with E-state index in [1.165, 1.54) is 0 Å². The summed E-state index contributed by atoms with van der Waals surface area (Å²) in [7, 11) is 0. The average molecular weight is 315 g/mol. The van der Waals surface area contributed by atoms with Crippen LogP contribution < -0.4 is 5.32 Å². The van der Waals surface area contributed by atoms with E-state index in [2.05, 4.69) is 15.3 Å². The van der Waals surface area contributed by atoms with Gasteiger partial charge < -0.3 is 5.32 Å². The van der Waals surface area contributed by atoms with E-state index in [1.807, 2.05) is 66.7 Å². The Morgan fingerprint density at radius 2 is 1.75 bits per heavy atom. The first-order valence-corrected chi connectivity index (χ1v) is 7.70. The molecule has 2 aromatic heterocycles. The van der Waals surface area contributed by atoms with Gasteiger partial charge in [0, 0.05) is 24.5 Å². The number of amides is 1. The lowest BCUT2D eigenvalue weighted by Crippen LogP contribution is -2.24. The van der Waals surface area contributed by atoms with Crippen LogP contribution in [0, 0.1) is 0 Å². The Labute approximate surface area is 140 Å². The fraction of sp³-hybridized carbons (Fsp3) is 0.0500. The fourth-order valence-corrected chi connectivity index (χ4v) is 2.25. The van der Waals surface area contributed by atoms with Crippen LogP contribution in [0.25, 0.3) is 17.3 Å². The molecule has 2 heterocycles. The van der Waals surface area contributed by atoms with Crippen molar-refractivity contribution in [1.29, 1.82) is 0 Å². The van der Waals surface area contributed by atoms with Crippen molar-refractivity contribution in [3.05, 3.63) is 90.4 Å². The molecular formula is C20H17N3O. The highest BCUT2D eigenvalue weighted by atomic mass is 16.1. The number of nitrogens with zero attached hydrogens (tertiary/aromatic N) is 2. The number of hydrogen-bond donors (Lipinski definition) is 1. The van der Waals surface area contributed by atoms with Crippen molar-refractivity contribution in [3.8, 4) is 11.3 Å². The molecule has 0 saturated carbocycles. The van der Waals surface area contributed by atoms with Crippen molar-refractivity contribution >= 4 is 12.0 Å². The summed E-state index contributed by atoms with van der Waals surface area (Å²) in [6.45, 7) is 0.453. The summed E-state index contributed by atoms with van der Waals surface area (Å²) in [5.74, 6) is -0.191. The first-order chi connectivity index (χ1) is 11.8. The molecule has 0 aliphatic heterocycles. The molecule has 0 spiro atoms. The molecule has 0 bridgehead atoms. The second kappa shape index (κ2) is 7.83. The summed E-state index contributed by atoms with van der Waals surface area (Å²) in [6.07, 6.45) is 7.30. The van der Waals surface area contributed by atoms with Gasteiger partial charge in [0.25, 0.3) is 5.91 Å². The molecule has 3 rings (SSSR count). The van der Waals surface area contributed by atoms with Crippen LogP contribution in [-0.4, -0.2) is 22.4 Å². The van der Waals surface area contributed by atoms with E-state index in [0.717, 1.165) is 16.8 Å². The van der Waals surface area contributed by atoms with Crippen LogP contribution in [0.1, 0.15) is 16.1 Å². The molecule has 0 fully saturated rings. The minimum atomic E-state index is -0.191. The molecule has 4 heteroatoms. The second-order valence-electron chi connectivity index (χ2n) is 5.17. The maximum atomic E-state index is 12.2. The van der Waals surface area contributed by atoms with Gasteiger partial charge in [0.1, 0.15) is 5.69 Å². The highest BCUT2D eigenvalue weighted by molar-refractivity contribution is 5.92. The molecule has 118 valence electrons. The average Bonchev–Trinajstić information content (AvgIpc) is 2.67. The van der Waals surface area contributed by atoms with E-state index in [0.29, 0.717) is 12.2 Å². The number of nitrogens with one attached hydrogen (secondary N) is 1. The summed E-state index contributed by atoms with van der Waals surface area (Å²) in [5, 5.41) is 2.85. The quantitative estimate of drug-likeness (QED) is 0.783. The molecule has 3 aromatic rings. The molecule has 0 radical (unpaired) electrons. The van der Waals surface area contributed by atoms with E-state index in [1.54, 1.807) is 18.5 Å². The first-order valence-electron chi connectivity index (χ1n) is 7.70. The van der Waals surface area contributed by atoms with Crippen LogP contribution in [0.5, 0.6) is 0 Å². The maximum Gasteiger partial charge on any atom is 0.270 e. The number of benzene rings is 1. The largest absolute Gasteiger partial charge is 0.347 e. The van der Waals surface area contributed by atoms with E-state index in [4.69, 9.17) is 0 Å². The van der Waals surface area contributed by atoms with Crippen molar-refractivity contribution in [1.82, 2.24) is 15.3 Å². The Morgan fingerprint density at radius 1 is 0.958 bits per heavy atom. The minimum Gasteiger partial charge on any atom is -0.347 e. The zero-order valence-corrected chi connectivity index (χ0v) is 13.1. The van der Waals surface area contributed by atoms with Crippen LogP contribution >= 0.6 is 0 Å². The molecule has 1 aromatic carbocycles. The molecule has 1 N–H and O–H groups in total. The number of aromatic nitrogens is 2. The molecule has 4 nitrogen and oxygen atoms in total. The van der Waals surface area contributed by atoms with E-state index < -0.39 is 0 Å². The van der Waals surface area contributed by atoms with Crippen molar-refractivity contribution in [2.75, 3.05) is 6.54 Å². The number of rotatable bonds is 5. The van der Waals surface area contributed by atoms with E-state index in [9.17, 15) is 4.79 Å². The van der Waals surface area contributed by atoms with Gasteiger partial charge in [-0.15, -0.1) is 0 Å². The van der Waals surface area contributed by atoms with Gasteiger partial charge in [-0.2, -0.15) is 0 Å². The molecule has 0 aliphatic carbocycles. The van der Waals surface area contributed by atoms with Crippen molar-refractivity contribution < 1.29 is 4.79 Å². The summed E-state index contributed by atoms with van der Waals surface area (Å²) in [5.41, 5.74) is 3.19. The van der Waals surface area contributed by atoms with E-state index in [-0.39, 0.29) is 5.91 Å². The second-order valence-corrected chi connectivity index (χ2v) is 5.17. The first kappa shape index (κ1) is 15.6. The highest BCUT2D eigenvalue weighted by Gasteiger charge is 2.07. The lowest BCUT2D eigenvalue weighted by molar-refractivity contribution is 0.0953. The third-order valence-electron chi connectivity index (χ3n) is 3.45. The smallest absolute Gasteiger partial charge is 0.270 e. The number of pyridine rings is 2. The van der Waals surface area contributed by atoms with Crippen LogP contribution in [0.2, 0.25) is 0 Å². The van der Waals surface area contributed by atoms with Crippen LogP contribution in [0.15, 0.2) is 79.1 Å². The van der Waals surface area contributed by atoms with Crippen LogP contribution in [0.4, 0.5) is 0 Å². The molecule has 1 amide bonds. The van der Waals surface area contributed by atoms with Gasteiger partial charge in [0.05, 0.1) is 5.69 Å². The van der Waals surface area contributed by atoms with Crippen molar-refractivity contribution in [2.24, 2.45) is 0 Å². The summed E-state index contributed by atoms with van der Waals surface area (Å²) >= 11 is 0. The summed E-state index contributed by atoms with van der Waals surface area (Å²) < 4.78 is 0. The Balaban J connectivity index is 1.62. The molecule has 0 saturated heterocycles. The van der Waals surface area contributed by atoms with Gasteiger partial charge in [0.2, 0.25) is 0 Å². The summed E-state index contributed by atoms with van der Waals surface area (Å²) in [6, 6.07) is 19.1. The van der Waals surface area contributed by atoms with Gasteiger partial charge in [-0.3, -0.25) is 9.78 Å². The highest BCUT2D eigenvalue weighted by Crippen LogP contribution is 2.15. The van der Waals surface area contributed by atoms with Crippen LogP contribution in [0.3, 0.4) is 0 Å². The molecular weight excluding hydrogens is 298 g/mol.